The molecule has 1 fully saturated rings. The quantitative estimate of drug-likeness (QED) is 0.733. The number of halogens is 2. The van der Waals surface area contributed by atoms with Crippen molar-refractivity contribution in [2.75, 3.05) is 26.2 Å². The predicted molar refractivity (Wildman–Crippen MR) is 94.0 cm³/mol. The summed E-state index contributed by atoms with van der Waals surface area (Å²) in [6.45, 7) is 2.54. The summed E-state index contributed by atoms with van der Waals surface area (Å²) in [5, 5.41) is 2.91. The molecule has 25 heavy (non-hydrogen) atoms. The molecule has 0 spiro atoms. The first-order valence-corrected chi connectivity index (χ1v) is 9.15. The average molecular weight is 412 g/mol. The fourth-order valence-electron chi connectivity index (χ4n) is 3.12. The minimum atomic E-state index is -0.362. The van der Waals surface area contributed by atoms with Crippen LogP contribution in [-0.2, 0) is 4.79 Å². The summed E-state index contributed by atoms with van der Waals surface area (Å²) in [7, 11) is 0. The van der Waals surface area contributed by atoms with Crippen molar-refractivity contribution in [2.45, 2.75) is 18.9 Å². The smallest absolute Gasteiger partial charge is 0.258 e. The van der Waals surface area contributed by atoms with Crippen molar-refractivity contribution in [1.82, 2.24) is 5.32 Å². The first kappa shape index (κ1) is 17.9. The highest BCUT2D eigenvalue weighted by molar-refractivity contribution is 9.10. The molecular formula is C18H21BrFN2O3+. The molecule has 5 nitrogen and oxygen atoms in total. The molecule has 2 N–H and O–H groups in total. The lowest BCUT2D eigenvalue weighted by Crippen LogP contribution is -3.11. The Morgan fingerprint density at radius 2 is 2.16 bits per heavy atom. The number of furan rings is 1. The summed E-state index contributed by atoms with van der Waals surface area (Å²) < 4.78 is 24.5. The molecule has 7 heteroatoms. The maximum atomic E-state index is 13.1. The third-order valence-electron chi connectivity index (χ3n) is 4.38. The van der Waals surface area contributed by atoms with Gasteiger partial charge in [-0.3, -0.25) is 4.79 Å². The zero-order chi connectivity index (χ0) is 17.6. The molecule has 3 rings (SSSR count). The third-order valence-corrected chi connectivity index (χ3v) is 5.00. The molecule has 1 aromatic heterocycles. The van der Waals surface area contributed by atoms with E-state index in [0.29, 0.717) is 16.8 Å². The summed E-state index contributed by atoms with van der Waals surface area (Å²) in [5.74, 6) is 0.744. The van der Waals surface area contributed by atoms with Gasteiger partial charge in [0.2, 0.25) is 0 Å². The van der Waals surface area contributed by atoms with Crippen LogP contribution in [0.15, 0.2) is 45.5 Å². The molecule has 2 aromatic rings. The minimum Gasteiger partial charge on any atom is -0.483 e. The molecule has 134 valence electrons. The largest absolute Gasteiger partial charge is 0.483 e. The van der Waals surface area contributed by atoms with E-state index in [9.17, 15) is 9.18 Å². The van der Waals surface area contributed by atoms with E-state index in [-0.39, 0.29) is 24.4 Å². The molecule has 1 saturated heterocycles. The third kappa shape index (κ3) is 4.83. The van der Waals surface area contributed by atoms with Crippen LogP contribution in [-0.4, -0.2) is 32.1 Å². The number of amides is 1. The Hall–Kier alpha value is -1.86. The van der Waals surface area contributed by atoms with Crippen molar-refractivity contribution in [3.8, 4) is 5.75 Å². The number of hydrogen-bond donors (Lipinski definition) is 2. The highest BCUT2D eigenvalue weighted by Crippen LogP contribution is 2.25. The number of carbonyl (C=O) groups excluding carboxylic acids is 1. The minimum absolute atomic E-state index is 0.110. The van der Waals surface area contributed by atoms with E-state index in [1.54, 1.807) is 6.26 Å². The van der Waals surface area contributed by atoms with Crippen LogP contribution in [0.1, 0.15) is 24.6 Å². The molecule has 1 aromatic carbocycles. The molecule has 0 radical (unpaired) electrons. The highest BCUT2D eigenvalue weighted by atomic mass is 79.9. The summed E-state index contributed by atoms with van der Waals surface area (Å²) in [6, 6.07) is 8.02. The summed E-state index contributed by atoms with van der Waals surface area (Å²) in [5.41, 5.74) is 0. The van der Waals surface area contributed by atoms with E-state index in [4.69, 9.17) is 9.15 Å². The lowest BCUT2D eigenvalue weighted by Gasteiger charge is -2.23. The fraction of sp³-hybridized carbons (Fsp3) is 0.389. The molecule has 2 heterocycles. The van der Waals surface area contributed by atoms with E-state index in [1.807, 2.05) is 12.1 Å². The normalized spacial score (nSPS) is 15.9. The lowest BCUT2D eigenvalue weighted by atomic mass is 10.2. The second-order valence-electron chi connectivity index (χ2n) is 6.10. The number of carbonyl (C=O) groups is 1. The van der Waals surface area contributed by atoms with Gasteiger partial charge in [-0.25, -0.2) is 4.39 Å². The second-order valence-corrected chi connectivity index (χ2v) is 6.96. The maximum Gasteiger partial charge on any atom is 0.258 e. The Bertz CT molecular complexity index is 702. The van der Waals surface area contributed by atoms with E-state index in [0.717, 1.165) is 18.8 Å². The van der Waals surface area contributed by atoms with Gasteiger partial charge in [0.1, 0.15) is 11.6 Å². The van der Waals surface area contributed by atoms with E-state index in [1.165, 1.54) is 35.9 Å². The van der Waals surface area contributed by atoms with Crippen LogP contribution in [0, 0.1) is 5.82 Å². The number of quaternary nitrogens is 1. The van der Waals surface area contributed by atoms with Gasteiger partial charge in [0, 0.05) is 12.8 Å². The van der Waals surface area contributed by atoms with E-state index < -0.39 is 0 Å². The van der Waals surface area contributed by atoms with Gasteiger partial charge in [0.25, 0.3) is 5.91 Å². The molecule has 0 saturated carbocycles. The van der Waals surface area contributed by atoms with Gasteiger partial charge in [0.15, 0.2) is 18.4 Å². The number of nitrogens with one attached hydrogen (secondary N) is 2. The zero-order valence-corrected chi connectivity index (χ0v) is 15.4. The Kier molecular flexibility index (Phi) is 6.09. The molecule has 0 aliphatic carbocycles. The van der Waals surface area contributed by atoms with Gasteiger partial charge >= 0.3 is 0 Å². The lowest BCUT2D eigenvalue weighted by molar-refractivity contribution is -0.919. The monoisotopic (exact) mass is 411 g/mol. The first-order valence-electron chi connectivity index (χ1n) is 8.36. The maximum absolute atomic E-state index is 13.1. The number of ether oxygens (including phenoxy) is 1. The highest BCUT2D eigenvalue weighted by Gasteiger charge is 2.29. The SMILES string of the molecule is O=C(COc1ccc(F)cc1Br)NC[C@H](c1ccco1)[NH+]1CCCC1. The molecule has 1 atom stereocenters. The van der Waals surface area contributed by atoms with Crippen molar-refractivity contribution in [2.24, 2.45) is 0 Å². The zero-order valence-electron chi connectivity index (χ0n) is 13.8. The number of benzene rings is 1. The van der Waals surface area contributed by atoms with E-state index in [2.05, 4.69) is 21.2 Å². The molecule has 1 aliphatic rings. The van der Waals surface area contributed by atoms with Crippen molar-refractivity contribution >= 4 is 21.8 Å². The van der Waals surface area contributed by atoms with Crippen LogP contribution >= 0.6 is 15.9 Å². The van der Waals surface area contributed by atoms with Crippen LogP contribution < -0.4 is 15.0 Å². The van der Waals surface area contributed by atoms with Gasteiger partial charge in [0.05, 0.1) is 30.4 Å². The molecule has 1 amide bonds. The first-order chi connectivity index (χ1) is 12.1. The van der Waals surface area contributed by atoms with E-state index >= 15 is 0 Å². The van der Waals surface area contributed by atoms with Crippen molar-refractivity contribution in [3.63, 3.8) is 0 Å². The summed E-state index contributed by atoms with van der Waals surface area (Å²) in [4.78, 5) is 13.5. The van der Waals surface area contributed by atoms with Crippen LogP contribution in [0.4, 0.5) is 4.39 Å². The van der Waals surface area contributed by atoms with Crippen molar-refractivity contribution in [3.05, 3.63) is 52.6 Å². The Balaban J connectivity index is 1.53. The van der Waals surface area contributed by atoms with Crippen LogP contribution in [0.2, 0.25) is 0 Å². The molecule has 0 bridgehead atoms. The second kappa shape index (κ2) is 8.49. The summed E-state index contributed by atoms with van der Waals surface area (Å²) in [6.07, 6.45) is 4.05. The topological polar surface area (TPSA) is 55.9 Å². The van der Waals surface area contributed by atoms with Crippen LogP contribution in [0.25, 0.3) is 0 Å². The Morgan fingerprint density at radius 3 is 2.84 bits per heavy atom. The van der Waals surface area contributed by atoms with Gasteiger partial charge in [-0.2, -0.15) is 0 Å². The van der Waals surface area contributed by atoms with Gasteiger partial charge < -0.3 is 19.4 Å². The molecule has 1 aliphatic heterocycles. The Labute approximate surface area is 154 Å². The number of rotatable bonds is 7. The van der Waals surface area contributed by atoms with Crippen LogP contribution in [0.3, 0.4) is 0 Å². The van der Waals surface area contributed by atoms with Gasteiger partial charge in [-0.05, 0) is 46.3 Å². The number of hydrogen-bond acceptors (Lipinski definition) is 3. The van der Waals surface area contributed by atoms with Gasteiger partial charge in [-0.15, -0.1) is 0 Å². The summed E-state index contributed by atoms with van der Waals surface area (Å²) >= 11 is 3.22. The predicted octanol–water partition coefficient (Wildman–Crippen LogP) is 2.10. The standard InChI is InChI=1S/C18H20BrFN2O3/c19-14-10-13(20)5-6-16(14)25-12-18(23)21-11-15(17-4-3-9-24-17)22-7-1-2-8-22/h3-6,9-10,15H,1-2,7-8,11-12H2,(H,21,23)/p+1/t15-/m1/s1. The fourth-order valence-corrected chi connectivity index (χ4v) is 3.58. The average Bonchev–Trinajstić information content (AvgIpc) is 3.28. The van der Waals surface area contributed by atoms with Crippen molar-refractivity contribution in [1.29, 1.82) is 0 Å². The van der Waals surface area contributed by atoms with Gasteiger partial charge in [-0.1, -0.05) is 0 Å². The molecule has 0 unspecified atom stereocenters. The number of likely N-dealkylation sites (tertiary alicyclic amines) is 1. The van der Waals surface area contributed by atoms with Crippen molar-refractivity contribution < 1.29 is 23.2 Å². The van der Waals surface area contributed by atoms with Crippen LogP contribution in [0.5, 0.6) is 5.75 Å². The Morgan fingerprint density at radius 1 is 1.36 bits per heavy atom. The molecular weight excluding hydrogens is 391 g/mol.